The zero-order valence-electron chi connectivity index (χ0n) is 11.7. The van der Waals surface area contributed by atoms with Crippen LogP contribution in [-0.2, 0) is 4.74 Å². The summed E-state index contributed by atoms with van der Waals surface area (Å²) in [7, 11) is 1.68. The molecule has 1 atom stereocenters. The molecule has 0 bridgehead atoms. The highest BCUT2D eigenvalue weighted by atomic mass is 32.1. The average Bonchev–Trinajstić information content (AvgIpc) is 3.18. The number of nitrogens with zero attached hydrogens (tertiary/aromatic N) is 3. The lowest BCUT2D eigenvalue weighted by Crippen LogP contribution is -2.44. The first-order valence-corrected chi connectivity index (χ1v) is 7.68. The van der Waals surface area contributed by atoms with Gasteiger partial charge in [-0.15, -0.1) is 11.3 Å². The minimum Gasteiger partial charge on any atom is -0.380 e. The Balaban J connectivity index is 1.69. The second-order valence-electron chi connectivity index (χ2n) is 4.87. The minimum absolute atomic E-state index is 0.118. The standard InChI is InChI=1S/C13H17N5O2S/c1-20-9-3-2-5-18(8-9)13(19)16-10-7-15-17-11(10)12-14-4-6-21-12/h4,6-7,9H,2-3,5,8H2,1H3,(H,15,17)(H,16,19). The third kappa shape index (κ3) is 3.06. The number of nitrogens with one attached hydrogen (secondary N) is 2. The van der Waals surface area contributed by atoms with Gasteiger partial charge in [-0.2, -0.15) is 5.10 Å². The van der Waals surface area contributed by atoms with E-state index in [2.05, 4.69) is 20.5 Å². The number of rotatable bonds is 3. The highest BCUT2D eigenvalue weighted by Crippen LogP contribution is 2.27. The number of urea groups is 1. The van der Waals surface area contributed by atoms with Crippen LogP contribution in [-0.4, -0.2) is 52.4 Å². The normalized spacial score (nSPS) is 18.7. The molecule has 2 aromatic heterocycles. The molecule has 7 nitrogen and oxygen atoms in total. The number of aromatic amines is 1. The van der Waals surface area contributed by atoms with Gasteiger partial charge in [0.2, 0.25) is 0 Å². The average molecular weight is 307 g/mol. The number of anilines is 1. The van der Waals surface area contributed by atoms with Crippen LogP contribution in [0.3, 0.4) is 0 Å². The van der Waals surface area contributed by atoms with Crippen molar-refractivity contribution in [2.24, 2.45) is 0 Å². The molecule has 1 unspecified atom stereocenters. The van der Waals surface area contributed by atoms with Gasteiger partial charge in [-0.3, -0.25) is 5.10 Å². The van der Waals surface area contributed by atoms with Gasteiger partial charge in [0.25, 0.3) is 0 Å². The predicted molar refractivity (Wildman–Crippen MR) is 80.3 cm³/mol. The van der Waals surface area contributed by atoms with Crippen molar-refractivity contribution >= 4 is 23.1 Å². The van der Waals surface area contributed by atoms with Crippen LogP contribution in [0.5, 0.6) is 0 Å². The van der Waals surface area contributed by atoms with Crippen LogP contribution in [0.1, 0.15) is 12.8 Å². The first-order valence-electron chi connectivity index (χ1n) is 6.80. The van der Waals surface area contributed by atoms with Gasteiger partial charge in [0.1, 0.15) is 10.7 Å². The number of hydrogen-bond donors (Lipinski definition) is 2. The summed E-state index contributed by atoms with van der Waals surface area (Å²) in [4.78, 5) is 18.4. The molecule has 1 saturated heterocycles. The Kier molecular flexibility index (Phi) is 4.16. The summed E-state index contributed by atoms with van der Waals surface area (Å²) in [5.74, 6) is 0. The van der Waals surface area contributed by atoms with Crippen molar-refractivity contribution < 1.29 is 9.53 Å². The predicted octanol–water partition coefficient (Wildman–Crippen LogP) is 2.18. The quantitative estimate of drug-likeness (QED) is 0.910. The highest BCUT2D eigenvalue weighted by Gasteiger charge is 2.24. The summed E-state index contributed by atoms with van der Waals surface area (Å²) in [5.41, 5.74) is 1.38. The number of thiazole rings is 1. The lowest BCUT2D eigenvalue weighted by molar-refractivity contribution is 0.0458. The van der Waals surface area contributed by atoms with Crippen molar-refractivity contribution in [1.82, 2.24) is 20.1 Å². The molecule has 1 fully saturated rings. The Morgan fingerprint density at radius 3 is 3.29 bits per heavy atom. The lowest BCUT2D eigenvalue weighted by Gasteiger charge is -2.31. The number of ether oxygens (including phenoxy) is 1. The molecule has 0 radical (unpaired) electrons. The van der Waals surface area contributed by atoms with Gasteiger partial charge in [-0.05, 0) is 12.8 Å². The highest BCUT2D eigenvalue weighted by molar-refractivity contribution is 7.13. The van der Waals surface area contributed by atoms with E-state index >= 15 is 0 Å². The van der Waals surface area contributed by atoms with Gasteiger partial charge < -0.3 is 15.0 Å². The van der Waals surface area contributed by atoms with Gasteiger partial charge in [0, 0.05) is 31.8 Å². The molecule has 3 rings (SSSR count). The van der Waals surface area contributed by atoms with E-state index in [-0.39, 0.29) is 12.1 Å². The van der Waals surface area contributed by atoms with Gasteiger partial charge in [0.15, 0.2) is 0 Å². The van der Waals surface area contributed by atoms with E-state index in [1.54, 1.807) is 24.4 Å². The van der Waals surface area contributed by atoms with Gasteiger partial charge >= 0.3 is 6.03 Å². The summed E-state index contributed by atoms with van der Waals surface area (Å²) >= 11 is 1.49. The van der Waals surface area contributed by atoms with Crippen molar-refractivity contribution in [3.63, 3.8) is 0 Å². The Morgan fingerprint density at radius 2 is 2.52 bits per heavy atom. The molecular formula is C13H17N5O2S. The van der Waals surface area contributed by atoms with E-state index in [0.717, 1.165) is 30.1 Å². The first-order chi connectivity index (χ1) is 10.3. The van der Waals surface area contributed by atoms with Crippen LogP contribution >= 0.6 is 11.3 Å². The zero-order valence-corrected chi connectivity index (χ0v) is 12.5. The van der Waals surface area contributed by atoms with Gasteiger partial charge in [-0.1, -0.05) is 0 Å². The maximum Gasteiger partial charge on any atom is 0.322 e. The number of likely N-dealkylation sites (tertiary alicyclic amines) is 1. The fourth-order valence-corrected chi connectivity index (χ4v) is 3.05. The number of carbonyl (C=O) groups is 1. The van der Waals surface area contributed by atoms with E-state index in [1.807, 2.05) is 5.38 Å². The van der Waals surface area contributed by atoms with Crippen molar-refractivity contribution in [2.75, 3.05) is 25.5 Å². The molecule has 112 valence electrons. The number of hydrogen-bond acceptors (Lipinski definition) is 5. The Hall–Kier alpha value is -1.93. The summed E-state index contributed by atoms with van der Waals surface area (Å²) < 4.78 is 5.34. The lowest BCUT2D eigenvalue weighted by atomic mass is 10.1. The molecule has 21 heavy (non-hydrogen) atoms. The first kappa shape index (κ1) is 14.0. The largest absolute Gasteiger partial charge is 0.380 e. The molecule has 1 aliphatic heterocycles. The third-order valence-electron chi connectivity index (χ3n) is 3.53. The fourth-order valence-electron chi connectivity index (χ4n) is 2.40. The van der Waals surface area contributed by atoms with Crippen LogP contribution in [0.2, 0.25) is 0 Å². The smallest absolute Gasteiger partial charge is 0.322 e. The molecule has 2 amide bonds. The monoisotopic (exact) mass is 307 g/mol. The van der Waals surface area contributed by atoms with Crippen molar-refractivity contribution in [2.45, 2.75) is 18.9 Å². The second-order valence-corrected chi connectivity index (χ2v) is 5.77. The van der Waals surface area contributed by atoms with Gasteiger partial charge in [-0.25, -0.2) is 9.78 Å². The Bertz CT molecular complexity index is 597. The second kappa shape index (κ2) is 6.23. The number of H-pyrrole nitrogens is 1. The van der Waals surface area contributed by atoms with Gasteiger partial charge in [0.05, 0.1) is 18.0 Å². The number of piperidine rings is 1. The van der Waals surface area contributed by atoms with E-state index in [9.17, 15) is 4.79 Å². The van der Waals surface area contributed by atoms with E-state index in [0.29, 0.717) is 12.2 Å². The summed E-state index contributed by atoms with van der Waals surface area (Å²) in [6, 6.07) is -0.129. The van der Waals surface area contributed by atoms with Crippen LogP contribution in [0.4, 0.5) is 10.5 Å². The molecule has 0 saturated carbocycles. The molecule has 0 spiro atoms. The molecular weight excluding hydrogens is 290 g/mol. The number of carbonyl (C=O) groups excluding carboxylic acids is 1. The molecule has 2 N–H and O–H groups in total. The maximum absolute atomic E-state index is 12.3. The van der Waals surface area contributed by atoms with E-state index in [1.165, 1.54) is 11.3 Å². The summed E-state index contributed by atoms with van der Waals surface area (Å²) in [6.07, 6.45) is 5.40. The topological polar surface area (TPSA) is 83.1 Å². The maximum atomic E-state index is 12.3. The number of methoxy groups -OCH3 is 1. The van der Waals surface area contributed by atoms with Crippen molar-refractivity contribution in [1.29, 1.82) is 0 Å². The summed E-state index contributed by atoms with van der Waals surface area (Å²) in [5, 5.41) is 12.5. The summed E-state index contributed by atoms with van der Waals surface area (Å²) in [6.45, 7) is 1.36. The molecule has 3 heterocycles. The third-order valence-corrected chi connectivity index (χ3v) is 4.32. The fraction of sp³-hybridized carbons (Fsp3) is 0.462. The number of aromatic nitrogens is 3. The zero-order chi connectivity index (χ0) is 14.7. The van der Waals surface area contributed by atoms with Crippen molar-refractivity contribution in [3.8, 4) is 10.7 Å². The molecule has 0 aliphatic carbocycles. The Morgan fingerprint density at radius 1 is 1.62 bits per heavy atom. The molecule has 0 aromatic carbocycles. The SMILES string of the molecule is COC1CCCN(C(=O)Nc2cn[nH]c2-c2nccs2)C1. The molecule has 8 heteroatoms. The number of amides is 2. The molecule has 1 aliphatic rings. The van der Waals surface area contributed by atoms with Crippen LogP contribution in [0, 0.1) is 0 Å². The van der Waals surface area contributed by atoms with Crippen LogP contribution < -0.4 is 5.32 Å². The van der Waals surface area contributed by atoms with E-state index < -0.39 is 0 Å². The minimum atomic E-state index is -0.129. The molecule has 2 aromatic rings. The Labute approximate surface area is 126 Å². The van der Waals surface area contributed by atoms with Crippen LogP contribution in [0.25, 0.3) is 10.7 Å². The van der Waals surface area contributed by atoms with E-state index in [4.69, 9.17) is 4.74 Å². The van der Waals surface area contributed by atoms with Crippen LogP contribution in [0.15, 0.2) is 17.8 Å². The van der Waals surface area contributed by atoms with Crippen molar-refractivity contribution in [3.05, 3.63) is 17.8 Å².